The Morgan fingerprint density at radius 3 is 1.78 bits per heavy atom. The molecule has 0 fully saturated rings. The quantitative estimate of drug-likeness (QED) is 0.152. The van der Waals surface area contributed by atoms with E-state index in [-0.39, 0.29) is 13.2 Å². The SMILES string of the molecule is CCCCCCCCCC(COC(=O)C(O)C(O)C(=O)OCCCCCCCC)Oc1ccccc1. The third-order valence-electron chi connectivity index (χ3n) is 6.11. The van der Waals surface area contributed by atoms with Crippen LogP contribution in [0, 0.1) is 0 Å². The molecule has 1 aromatic carbocycles. The zero-order valence-corrected chi connectivity index (χ0v) is 22.4. The summed E-state index contributed by atoms with van der Waals surface area (Å²) >= 11 is 0. The van der Waals surface area contributed by atoms with Gasteiger partial charge in [0.2, 0.25) is 0 Å². The van der Waals surface area contributed by atoms with E-state index in [9.17, 15) is 19.8 Å². The Kier molecular flexibility index (Phi) is 18.6. The number of carbonyl (C=O) groups is 2. The Labute approximate surface area is 217 Å². The van der Waals surface area contributed by atoms with Crippen LogP contribution in [-0.2, 0) is 19.1 Å². The molecule has 0 aliphatic carbocycles. The molecule has 0 heterocycles. The van der Waals surface area contributed by atoms with Crippen LogP contribution in [0.5, 0.6) is 5.75 Å². The second-order valence-electron chi connectivity index (χ2n) is 9.42. The van der Waals surface area contributed by atoms with Crippen LogP contribution in [0.2, 0.25) is 0 Å². The zero-order chi connectivity index (χ0) is 26.4. The van der Waals surface area contributed by atoms with E-state index in [0.29, 0.717) is 18.6 Å². The lowest BCUT2D eigenvalue weighted by Crippen LogP contribution is -2.42. The highest BCUT2D eigenvalue weighted by molar-refractivity contribution is 5.85. The van der Waals surface area contributed by atoms with Gasteiger partial charge in [-0.15, -0.1) is 0 Å². The van der Waals surface area contributed by atoms with E-state index in [1.54, 1.807) is 0 Å². The van der Waals surface area contributed by atoms with Gasteiger partial charge < -0.3 is 24.4 Å². The summed E-state index contributed by atoms with van der Waals surface area (Å²) in [4.78, 5) is 24.3. The fourth-order valence-electron chi connectivity index (χ4n) is 3.86. The van der Waals surface area contributed by atoms with Crippen molar-refractivity contribution in [1.82, 2.24) is 0 Å². The molecule has 0 aliphatic rings. The number of para-hydroxylation sites is 1. The minimum absolute atomic E-state index is 0.0832. The minimum Gasteiger partial charge on any atom is -0.487 e. The Morgan fingerprint density at radius 1 is 0.694 bits per heavy atom. The molecule has 0 bridgehead atoms. The molecule has 206 valence electrons. The van der Waals surface area contributed by atoms with Gasteiger partial charge in [-0.3, -0.25) is 0 Å². The van der Waals surface area contributed by atoms with Crippen LogP contribution in [0.15, 0.2) is 30.3 Å². The monoisotopic (exact) mass is 508 g/mol. The van der Waals surface area contributed by atoms with Gasteiger partial charge >= 0.3 is 11.9 Å². The first-order valence-corrected chi connectivity index (χ1v) is 13.9. The number of aliphatic hydroxyl groups is 2. The average molecular weight is 509 g/mol. The van der Waals surface area contributed by atoms with E-state index < -0.39 is 30.3 Å². The third kappa shape index (κ3) is 15.1. The summed E-state index contributed by atoms with van der Waals surface area (Å²) in [7, 11) is 0. The zero-order valence-electron chi connectivity index (χ0n) is 22.4. The van der Waals surface area contributed by atoms with Crippen molar-refractivity contribution >= 4 is 11.9 Å². The third-order valence-corrected chi connectivity index (χ3v) is 6.11. The molecular formula is C29H48O7. The summed E-state index contributed by atoms with van der Waals surface area (Å²) in [5.74, 6) is -1.42. The molecule has 1 rings (SSSR count). The molecule has 0 saturated heterocycles. The fraction of sp³-hybridized carbons (Fsp3) is 0.724. The summed E-state index contributed by atoms with van der Waals surface area (Å²) in [6.45, 7) is 4.41. The van der Waals surface area contributed by atoms with Crippen molar-refractivity contribution < 1.29 is 34.0 Å². The van der Waals surface area contributed by atoms with Crippen molar-refractivity contribution in [1.29, 1.82) is 0 Å². The van der Waals surface area contributed by atoms with E-state index in [4.69, 9.17) is 14.2 Å². The lowest BCUT2D eigenvalue weighted by Gasteiger charge is -2.21. The first-order chi connectivity index (χ1) is 17.5. The van der Waals surface area contributed by atoms with Crippen LogP contribution >= 0.6 is 0 Å². The molecule has 7 heteroatoms. The Hall–Kier alpha value is -2.12. The maximum atomic E-state index is 12.3. The molecule has 7 nitrogen and oxygen atoms in total. The summed E-state index contributed by atoms with van der Waals surface area (Å²) in [6, 6.07) is 9.28. The van der Waals surface area contributed by atoms with E-state index in [1.165, 1.54) is 32.1 Å². The minimum atomic E-state index is -2.00. The van der Waals surface area contributed by atoms with Gasteiger partial charge in [-0.05, 0) is 31.4 Å². The van der Waals surface area contributed by atoms with Crippen molar-refractivity contribution in [2.75, 3.05) is 13.2 Å². The van der Waals surface area contributed by atoms with E-state index >= 15 is 0 Å². The number of carbonyl (C=O) groups excluding carboxylic acids is 2. The molecule has 0 saturated carbocycles. The standard InChI is InChI=1S/C29H48O7/c1-3-5-7-9-11-12-15-21-25(36-24-19-16-14-17-20-24)23-35-29(33)27(31)26(30)28(32)34-22-18-13-10-8-6-4-2/h14,16-17,19-20,25-27,30-31H,3-13,15,18,21-23H2,1-2H3. The van der Waals surface area contributed by atoms with Crippen molar-refractivity contribution in [2.45, 2.75) is 122 Å². The van der Waals surface area contributed by atoms with Gasteiger partial charge in [0.1, 0.15) is 18.5 Å². The molecule has 0 amide bonds. The van der Waals surface area contributed by atoms with Gasteiger partial charge in [0.05, 0.1) is 6.61 Å². The highest BCUT2D eigenvalue weighted by Crippen LogP contribution is 2.17. The van der Waals surface area contributed by atoms with Crippen LogP contribution in [0.3, 0.4) is 0 Å². The van der Waals surface area contributed by atoms with E-state index in [1.807, 2.05) is 30.3 Å². The highest BCUT2D eigenvalue weighted by Gasteiger charge is 2.33. The van der Waals surface area contributed by atoms with Crippen molar-refractivity contribution in [3.63, 3.8) is 0 Å². The number of hydrogen-bond acceptors (Lipinski definition) is 7. The lowest BCUT2D eigenvalue weighted by molar-refractivity contribution is -0.174. The van der Waals surface area contributed by atoms with Gasteiger partial charge in [0.25, 0.3) is 0 Å². The molecule has 1 aromatic rings. The molecular weight excluding hydrogens is 460 g/mol. The first kappa shape index (κ1) is 31.9. The van der Waals surface area contributed by atoms with Crippen LogP contribution in [-0.4, -0.2) is 53.7 Å². The number of aliphatic hydroxyl groups excluding tert-OH is 2. The summed E-state index contributed by atoms with van der Waals surface area (Å²) < 4.78 is 16.2. The Bertz CT molecular complexity index is 679. The summed E-state index contributed by atoms with van der Waals surface area (Å²) in [6.07, 6.45) is 10.6. The van der Waals surface area contributed by atoms with Crippen molar-refractivity contribution in [3.8, 4) is 5.75 Å². The number of rotatable bonds is 22. The molecule has 0 aromatic heterocycles. The van der Waals surface area contributed by atoms with Crippen LogP contribution < -0.4 is 4.74 Å². The molecule has 0 aliphatic heterocycles. The van der Waals surface area contributed by atoms with Crippen LogP contribution in [0.1, 0.15) is 104 Å². The Balaban J connectivity index is 2.42. The van der Waals surface area contributed by atoms with Crippen LogP contribution in [0.25, 0.3) is 0 Å². The van der Waals surface area contributed by atoms with Gasteiger partial charge in [0.15, 0.2) is 12.2 Å². The van der Waals surface area contributed by atoms with Crippen molar-refractivity contribution in [3.05, 3.63) is 30.3 Å². The maximum absolute atomic E-state index is 12.3. The van der Waals surface area contributed by atoms with E-state index in [2.05, 4.69) is 13.8 Å². The van der Waals surface area contributed by atoms with Gasteiger partial charge in [0, 0.05) is 0 Å². The first-order valence-electron chi connectivity index (χ1n) is 13.9. The molecule has 3 atom stereocenters. The van der Waals surface area contributed by atoms with Crippen LogP contribution in [0.4, 0.5) is 0 Å². The number of unbranched alkanes of at least 4 members (excludes halogenated alkanes) is 11. The average Bonchev–Trinajstić information content (AvgIpc) is 2.89. The second kappa shape index (κ2) is 21.0. The number of hydrogen-bond donors (Lipinski definition) is 2. The van der Waals surface area contributed by atoms with E-state index in [0.717, 1.165) is 44.9 Å². The largest absolute Gasteiger partial charge is 0.487 e. The molecule has 0 spiro atoms. The summed E-state index contributed by atoms with van der Waals surface area (Å²) in [5.41, 5.74) is 0. The smallest absolute Gasteiger partial charge is 0.338 e. The highest BCUT2D eigenvalue weighted by atomic mass is 16.6. The lowest BCUT2D eigenvalue weighted by atomic mass is 10.1. The Morgan fingerprint density at radius 2 is 1.19 bits per heavy atom. The number of esters is 2. The normalized spacial score (nSPS) is 13.6. The molecule has 36 heavy (non-hydrogen) atoms. The fourth-order valence-corrected chi connectivity index (χ4v) is 3.86. The predicted octanol–water partition coefficient (Wildman–Crippen LogP) is 5.74. The molecule has 3 unspecified atom stereocenters. The predicted molar refractivity (Wildman–Crippen MR) is 141 cm³/mol. The number of ether oxygens (including phenoxy) is 3. The van der Waals surface area contributed by atoms with Gasteiger partial charge in [-0.1, -0.05) is 103 Å². The molecule has 2 N–H and O–H groups in total. The second-order valence-corrected chi connectivity index (χ2v) is 9.42. The topological polar surface area (TPSA) is 102 Å². The van der Waals surface area contributed by atoms with Gasteiger partial charge in [-0.25, -0.2) is 9.59 Å². The molecule has 0 radical (unpaired) electrons. The summed E-state index contributed by atoms with van der Waals surface area (Å²) in [5, 5.41) is 20.1. The van der Waals surface area contributed by atoms with Crippen molar-refractivity contribution in [2.24, 2.45) is 0 Å². The maximum Gasteiger partial charge on any atom is 0.338 e. The van der Waals surface area contributed by atoms with Gasteiger partial charge in [-0.2, -0.15) is 0 Å². The number of benzene rings is 1.